The topological polar surface area (TPSA) is 27.9 Å². The second-order valence-electron chi connectivity index (χ2n) is 16.9. The zero-order valence-electron chi connectivity index (χ0n) is 34.6. The van der Waals surface area contributed by atoms with Gasteiger partial charge >= 0.3 is 0 Å². The van der Waals surface area contributed by atoms with Crippen molar-refractivity contribution in [3.8, 4) is 39.3 Å². The van der Waals surface area contributed by atoms with E-state index in [0.29, 0.717) is 0 Å². The molecule has 0 N–H and O–H groups in total. The summed E-state index contributed by atoms with van der Waals surface area (Å²) in [6.07, 6.45) is 0. The van der Waals surface area contributed by atoms with Crippen molar-refractivity contribution < 1.29 is 4.42 Å². The molecule has 4 aromatic heterocycles. The molecule has 64 heavy (non-hydrogen) atoms. The van der Waals surface area contributed by atoms with Gasteiger partial charge < -0.3 is 18.1 Å². The van der Waals surface area contributed by atoms with Crippen LogP contribution in [0.4, 0.5) is 0 Å². The SMILES string of the molecule is c1ccc(-c2ccc3c(c2)c2cc4oc5ccc(-c6ccc7c(c6)c6ccccc6n7-c6ccccc6)cc5c4cc2n3-c2ccc(-n3c4ccccc4c4ccccc43)cc2)cc1. The molecule has 0 spiro atoms. The molecule has 0 saturated heterocycles. The van der Waals surface area contributed by atoms with Gasteiger partial charge in [-0.05, 0) is 125 Å². The van der Waals surface area contributed by atoms with Crippen molar-refractivity contribution >= 4 is 87.4 Å². The summed E-state index contributed by atoms with van der Waals surface area (Å²) in [5.74, 6) is 0. The van der Waals surface area contributed by atoms with Gasteiger partial charge in [-0.2, -0.15) is 0 Å². The number of furan rings is 1. The molecule has 0 atom stereocenters. The summed E-state index contributed by atoms with van der Waals surface area (Å²) >= 11 is 0. The van der Waals surface area contributed by atoms with E-state index in [1.54, 1.807) is 0 Å². The van der Waals surface area contributed by atoms with Crippen LogP contribution in [-0.2, 0) is 0 Å². The number of nitrogens with zero attached hydrogens (tertiary/aromatic N) is 3. The molecule has 0 unspecified atom stereocenters. The monoisotopic (exact) mass is 815 g/mol. The first kappa shape index (κ1) is 35.0. The number of para-hydroxylation sites is 4. The molecule has 0 aliphatic rings. The number of benzene rings is 10. The summed E-state index contributed by atoms with van der Waals surface area (Å²) in [6.45, 7) is 0. The minimum atomic E-state index is 0.879. The van der Waals surface area contributed by atoms with Gasteiger partial charge in [0, 0.05) is 60.2 Å². The van der Waals surface area contributed by atoms with Crippen LogP contribution in [0.3, 0.4) is 0 Å². The lowest BCUT2D eigenvalue weighted by atomic mass is 10.00. The summed E-state index contributed by atoms with van der Waals surface area (Å²) in [4.78, 5) is 0. The van der Waals surface area contributed by atoms with E-state index < -0.39 is 0 Å². The third-order valence-electron chi connectivity index (χ3n) is 13.4. The summed E-state index contributed by atoms with van der Waals surface area (Å²) in [5.41, 5.74) is 17.0. The summed E-state index contributed by atoms with van der Waals surface area (Å²) < 4.78 is 13.9. The number of hydrogen-bond acceptors (Lipinski definition) is 1. The molecule has 10 aromatic carbocycles. The van der Waals surface area contributed by atoms with E-state index in [9.17, 15) is 0 Å². The molecule has 0 amide bonds. The molecule has 14 rings (SSSR count). The van der Waals surface area contributed by atoms with E-state index >= 15 is 0 Å². The fraction of sp³-hybridized carbons (Fsp3) is 0. The Morgan fingerprint density at radius 2 is 0.609 bits per heavy atom. The lowest BCUT2D eigenvalue weighted by molar-refractivity contribution is 0.669. The molecule has 0 aliphatic heterocycles. The van der Waals surface area contributed by atoms with Crippen LogP contribution in [-0.4, -0.2) is 13.7 Å². The zero-order chi connectivity index (χ0) is 41.9. The Kier molecular flexibility index (Phi) is 7.36. The molecule has 0 fully saturated rings. The van der Waals surface area contributed by atoms with Crippen LogP contribution in [0.15, 0.2) is 229 Å². The molecule has 4 heteroatoms. The van der Waals surface area contributed by atoms with Gasteiger partial charge in [0.1, 0.15) is 11.2 Å². The van der Waals surface area contributed by atoms with Crippen molar-refractivity contribution in [3.05, 3.63) is 224 Å². The van der Waals surface area contributed by atoms with Gasteiger partial charge in [-0.3, -0.25) is 0 Å². The molecule has 4 heterocycles. The molecule has 0 radical (unpaired) electrons. The van der Waals surface area contributed by atoms with Crippen molar-refractivity contribution in [3.63, 3.8) is 0 Å². The normalized spacial score (nSPS) is 12.1. The van der Waals surface area contributed by atoms with Crippen molar-refractivity contribution in [1.82, 2.24) is 13.7 Å². The minimum absolute atomic E-state index is 0.879. The highest BCUT2D eigenvalue weighted by atomic mass is 16.3. The first-order valence-corrected chi connectivity index (χ1v) is 21.9. The molecule has 0 aliphatic carbocycles. The van der Waals surface area contributed by atoms with E-state index in [2.05, 4.69) is 238 Å². The standard InChI is InChI=1S/C60H37N3O/c1-3-13-38(14-4-1)39-23-30-57-49(33-39)50-37-60-52(36-58(50)63(57)44-28-26-43(27-29-44)62-53-20-10-7-17-45(53)46-18-8-11-21-54(46)62)51-35-41(25-32-59(51)64-60)40-24-31-56-48(34-40)47-19-9-12-22-55(47)61(56)42-15-5-2-6-16-42/h1-37H. The van der Waals surface area contributed by atoms with Crippen LogP contribution < -0.4 is 0 Å². The van der Waals surface area contributed by atoms with E-state index in [0.717, 1.165) is 61.0 Å². The second-order valence-corrected chi connectivity index (χ2v) is 16.9. The Labute approximate surface area is 367 Å². The van der Waals surface area contributed by atoms with Crippen molar-refractivity contribution in [1.29, 1.82) is 0 Å². The molecule has 298 valence electrons. The predicted octanol–water partition coefficient (Wildman–Crippen LogP) is 16.2. The summed E-state index contributed by atoms with van der Waals surface area (Å²) in [6, 6.07) is 81.4. The average Bonchev–Trinajstić information content (AvgIpc) is 4.09. The van der Waals surface area contributed by atoms with Crippen molar-refractivity contribution in [2.24, 2.45) is 0 Å². The van der Waals surface area contributed by atoms with Crippen LogP contribution >= 0.6 is 0 Å². The number of aromatic nitrogens is 3. The number of rotatable bonds is 5. The second kappa shape index (κ2) is 13.4. The van der Waals surface area contributed by atoms with Crippen LogP contribution in [0.1, 0.15) is 0 Å². The third-order valence-corrected chi connectivity index (χ3v) is 13.4. The fourth-order valence-electron chi connectivity index (χ4n) is 10.5. The summed E-state index contributed by atoms with van der Waals surface area (Å²) in [7, 11) is 0. The largest absolute Gasteiger partial charge is 0.456 e. The Morgan fingerprint density at radius 1 is 0.219 bits per heavy atom. The van der Waals surface area contributed by atoms with E-state index in [1.165, 1.54) is 65.7 Å². The molecule has 0 bridgehead atoms. The van der Waals surface area contributed by atoms with Crippen molar-refractivity contribution in [2.75, 3.05) is 0 Å². The van der Waals surface area contributed by atoms with Gasteiger partial charge in [0.25, 0.3) is 0 Å². The van der Waals surface area contributed by atoms with Crippen LogP contribution in [0.2, 0.25) is 0 Å². The van der Waals surface area contributed by atoms with Gasteiger partial charge in [-0.25, -0.2) is 0 Å². The number of fused-ring (bicyclic) bond motifs is 12. The maximum absolute atomic E-state index is 6.72. The van der Waals surface area contributed by atoms with E-state index in [-0.39, 0.29) is 0 Å². The lowest BCUT2D eigenvalue weighted by Gasteiger charge is -2.12. The Balaban J connectivity index is 0.955. The zero-order valence-corrected chi connectivity index (χ0v) is 34.6. The quantitative estimate of drug-likeness (QED) is 0.170. The predicted molar refractivity (Wildman–Crippen MR) is 268 cm³/mol. The van der Waals surface area contributed by atoms with Gasteiger partial charge in [0.2, 0.25) is 0 Å². The maximum Gasteiger partial charge on any atom is 0.136 e. The van der Waals surface area contributed by atoms with E-state index in [4.69, 9.17) is 4.42 Å². The van der Waals surface area contributed by atoms with E-state index in [1.807, 2.05) is 0 Å². The molecule has 4 nitrogen and oxygen atoms in total. The first-order valence-electron chi connectivity index (χ1n) is 21.9. The lowest BCUT2D eigenvalue weighted by Crippen LogP contribution is -1.97. The fourth-order valence-corrected chi connectivity index (χ4v) is 10.5. The Hall–Kier alpha value is -8.60. The van der Waals surface area contributed by atoms with Gasteiger partial charge in [-0.15, -0.1) is 0 Å². The molecular weight excluding hydrogens is 779 g/mol. The third kappa shape index (κ3) is 5.11. The first-order chi connectivity index (χ1) is 31.7. The van der Waals surface area contributed by atoms with Gasteiger partial charge in [-0.1, -0.05) is 121 Å². The molecular formula is C60H37N3O. The van der Waals surface area contributed by atoms with Gasteiger partial charge in [0.05, 0.1) is 33.1 Å². The smallest absolute Gasteiger partial charge is 0.136 e. The minimum Gasteiger partial charge on any atom is -0.456 e. The van der Waals surface area contributed by atoms with Crippen LogP contribution in [0.25, 0.3) is 127 Å². The Morgan fingerprint density at radius 3 is 1.20 bits per heavy atom. The average molecular weight is 816 g/mol. The van der Waals surface area contributed by atoms with Crippen LogP contribution in [0, 0.1) is 0 Å². The maximum atomic E-state index is 6.72. The summed E-state index contributed by atoms with van der Waals surface area (Å²) in [5, 5.41) is 9.54. The highest BCUT2D eigenvalue weighted by molar-refractivity contribution is 6.18. The van der Waals surface area contributed by atoms with Crippen LogP contribution in [0.5, 0.6) is 0 Å². The van der Waals surface area contributed by atoms with Gasteiger partial charge in [0.15, 0.2) is 0 Å². The highest BCUT2D eigenvalue weighted by Gasteiger charge is 2.20. The highest BCUT2D eigenvalue weighted by Crippen LogP contribution is 2.42. The molecule has 14 aromatic rings. The van der Waals surface area contributed by atoms with Crippen molar-refractivity contribution in [2.45, 2.75) is 0 Å². The molecule has 0 saturated carbocycles. The number of hydrogen-bond donors (Lipinski definition) is 0. The Bertz CT molecular complexity index is 4110.